The van der Waals surface area contributed by atoms with Crippen LogP contribution in [0.15, 0.2) is 0 Å². The van der Waals surface area contributed by atoms with Crippen LogP contribution in [0, 0.1) is 59.2 Å². The van der Waals surface area contributed by atoms with Gasteiger partial charge in [0.1, 0.15) is 0 Å². The van der Waals surface area contributed by atoms with Crippen molar-refractivity contribution in [2.75, 3.05) is 0 Å². The van der Waals surface area contributed by atoms with E-state index in [2.05, 4.69) is 123 Å². The van der Waals surface area contributed by atoms with Crippen LogP contribution in [0.1, 0.15) is 130 Å². The van der Waals surface area contributed by atoms with Crippen LogP contribution in [0.5, 0.6) is 0 Å². The zero-order valence-corrected chi connectivity index (χ0v) is 23.7. The maximum Gasteiger partial charge on any atom is 0.0146 e. The topological polar surface area (TPSA) is 0 Å². The summed E-state index contributed by atoms with van der Waals surface area (Å²) >= 11 is 0. The molecule has 0 saturated carbocycles. The molecule has 0 aromatic carbocycles. The lowest BCUT2D eigenvalue weighted by Gasteiger charge is -2.05. The number of rotatable bonds is 6. The molecular weight excluding hydrogens is 348 g/mol. The van der Waals surface area contributed by atoms with Gasteiger partial charge in [-0.2, -0.15) is 0 Å². The summed E-state index contributed by atoms with van der Waals surface area (Å²) < 4.78 is 0. The Hall–Kier alpha value is -0.440. The minimum absolute atomic E-state index is 0.525. The van der Waals surface area contributed by atoms with Gasteiger partial charge >= 0.3 is 0 Å². The molecule has 0 bridgehead atoms. The molecule has 0 heteroatoms. The van der Waals surface area contributed by atoms with Crippen LogP contribution in [0.25, 0.3) is 0 Å². The summed E-state index contributed by atoms with van der Waals surface area (Å²) in [4.78, 5) is 0. The van der Waals surface area contributed by atoms with Crippen LogP contribution < -0.4 is 0 Å². The maximum atomic E-state index is 3.09. The summed E-state index contributed by atoms with van der Waals surface area (Å²) in [5.74, 6) is 12.5. The average Bonchev–Trinajstić information content (AvgIpc) is 2.51. The van der Waals surface area contributed by atoms with Crippen molar-refractivity contribution < 1.29 is 0 Å². The Kier molecular flexibility index (Phi) is 29.6. The molecule has 0 radical (unpaired) electrons. The summed E-state index contributed by atoms with van der Waals surface area (Å²) in [7, 11) is 0. The molecule has 0 heterocycles. The van der Waals surface area contributed by atoms with Crippen LogP contribution in [0.2, 0.25) is 0 Å². The normalized spacial score (nSPS) is 10.6. The largest absolute Gasteiger partial charge is 0.100 e. The Morgan fingerprint density at radius 3 is 0.690 bits per heavy atom. The van der Waals surface area contributed by atoms with Crippen molar-refractivity contribution in [2.24, 2.45) is 47.3 Å². The average molecular weight is 411 g/mol. The standard InChI is InChI=1S/C8H18.C8H14.C7H16.C6H14/c2*1-7(2)5-6-8(3)4;1-6(2)5-7(3)4;1-5(2)6(3)4/h7-8H,5-6H2,1-4H3;7-8H,1-4H3;6-7H,5H2,1-4H3;5-6H,1-4H3. The fourth-order valence-corrected chi connectivity index (χ4v) is 1.94. The zero-order chi connectivity index (χ0) is 24.2. The molecule has 29 heavy (non-hydrogen) atoms. The molecule has 0 aliphatic rings. The summed E-state index contributed by atoms with van der Waals surface area (Å²) in [5, 5.41) is 0. The van der Waals surface area contributed by atoms with E-state index >= 15 is 0 Å². The van der Waals surface area contributed by atoms with Gasteiger partial charge in [-0.15, -0.1) is 11.8 Å². The number of hydrogen-bond donors (Lipinski definition) is 0. The van der Waals surface area contributed by atoms with E-state index in [1.807, 2.05) is 0 Å². The number of hydrogen-bond acceptors (Lipinski definition) is 0. The first kappa shape index (κ1) is 36.0. The Morgan fingerprint density at radius 1 is 0.379 bits per heavy atom. The van der Waals surface area contributed by atoms with Gasteiger partial charge in [0.05, 0.1) is 0 Å². The van der Waals surface area contributed by atoms with Gasteiger partial charge in [0.15, 0.2) is 0 Å². The molecule has 0 rings (SSSR count). The van der Waals surface area contributed by atoms with Gasteiger partial charge in [-0.1, -0.05) is 124 Å². The van der Waals surface area contributed by atoms with Crippen molar-refractivity contribution in [1.29, 1.82) is 0 Å². The lowest BCUT2D eigenvalue weighted by molar-refractivity contribution is 0.457. The van der Waals surface area contributed by atoms with E-state index in [-0.39, 0.29) is 0 Å². The third kappa shape index (κ3) is 58.4. The van der Waals surface area contributed by atoms with Crippen LogP contribution in [0.4, 0.5) is 0 Å². The highest BCUT2D eigenvalue weighted by Gasteiger charge is 1.97. The van der Waals surface area contributed by atoms with E-state index in [0.29, 0.717) is 11.8 Å². The fraction of sp³-hybridized carbons (Fsp3) is 0.931. The van der Waals surface area contributed by atoms with Gasteiger partial charge in [-0.3, -0.25) is 0 Å². The molecule has 0 spiro atoms. The molecule has 0 unspecified atom stereocenters. The van der Waals surface area contributed by atoms with E-state index in [9.17, 15) is 0 Å². The second-order valence-electron chi connectivity index (χ2n) is 11.5. The molecule has 0 saturated heterocycles. The molecule has 0 fully saturated rings. The van der Waals surface area contributed by atoms with Gasteiger partial charge in [-0.05, 0) is 41.9 Å². The predicted octanol–water partition coefficient (Wildman–Crippen LogP) is 10.4. The second kappa shape index (κ2) is 23.8. The van der Waals surface area contributed by atoms with E-state index in [4.69, 9.17) is 0 Å². The Bertz CT molecular complexity index is 310. The lowest BCUT2D eigenvalue weighted by Crippen LogP contribution is -1.95. The van der Waals surface area contributed by atoms with Crippen molar-refractivity contribution in [3.05, 3.63) is 0 Å². The lowest BCUT2D eigenvalue weighted by atomic mass is 10.0. The Balaban J connectivity index is -0.000000145. The van der Waals surface area contributed by atoms with Crippen molar-refractivity contribution in [2.45, 2.75) is 130 Å². The van der Waals surface area contributed by atoms with Gasteiger partial charge in [0.2, 0.25) is 0 Å². The SMILES string of the molecule is CC(C)C#CC(C)C.CC(C)C(C)C.CC(C)CC(C)C.CC(C)CCC(C)C. The van der Waals surface area contributed by atoms with Crippen molar-refractivity contribution in [3.63, 3.8) is 0 Å². The molecule has 0 aromatic rings. The minimum Gasteiger partial charge on any atom is -0.100 e. The summed E-state index contributed by atoms with van der Waals surface area (Å²) in [6, 6.07) is 0. The molecule has 0 amide bonds. The zero-order valence-electron chi connectivity index (χ0n) is 23.7. The first-order valence-electron chi connectivity index (χ1n) is 12.5. The fourth-order valence-electron chi connectivity index (χ4n) is 1.94. The highest BCUT2D eigenvalue weighted by atomic mass is 14.0. The smallest absolute Gasteiger partial charge is 0.0146 e. The van der Waals surface area contributed by atoms with E-state index < -0.39 is 0 Å². The van der Waals surface area contributed by atoms with E-state index in [1.54, 1.807) is 0 Å². The third-order valence-corrected chi connectivity index (χ3v) is 4.26. The molecular formula is C29H62. The minimum atomic E-state index is 0.525. The summed E-state index contributed by atoms with van der Waals surface area (Å²) in [6.45, 7) is 35.6. The van der Waals surface area contributed by atoms with Gasteiger partial charge < -0.3 is 0 Å². The second-order valence-corrected chi connectivity index (χ2v) is 11.5. The molecule has 178 valence electrons. The Labute approximate surface area is 189 Å². The highest BCUT2D eigenvalue weighted by molar-refractivity contribution is 5.03. The first-order valence-corrected chi connectivity index (χ1v) is 12.5. The van der Waals surface area contributed by atoms with Crippen LogP contribution in [0.3, 0.4) is 0 Å². The van der Waals surface area contributed by atoms with Crippen molar-refractivity contribution in [3.8, 4) is 11.8 Å². The molecule has 0 aliphatic carbocycles. The van der Waals surface area contributed by atoms with Crippen LogP contribution in [-0.2, 0) is 0 Å². The van der Waals surface area contributed by atoms with E-state index in [0.717, 1.165) is 35.5 Å². The molecule has 0 atom stereocenters. The molecule has 0 N–H and O–H groups in total. The highest BCUT2D eigenvalue weighted by Crippen LogP contribution is 2.10. The summed E-state index contributed by atoms with van der Waals surface area (Å²) in [6.07, 6.45) is 4.13. The summed E-state index contributed by atoms with van der Waals surface area (Å²) in [5.41, 5.74) is 0. The molecule has 0 aromatic heterocycles. The van der Waals surface area contributed by atoms with Crippen LogP contribution in [-0.4, -0.2) is 0 Å². The monoisotopic (exact) mass is 410 g/mol. The van der Waals surface area contributed by atoms with Gasteiger partial charge in [-0.25, -0.2) is 0 Å². The molecule has 0 aliphatic heterocycles. The quantitative estimate of drug-likeness (QED) is 0.382. The maximum absolute atomic E-state index is 3.09. The van der Waals surface area contributed by atoms with Crippen molar-refractivity contribution in [1.82, 2.24) is 0 Å². The van der Waals surface area contributed by atoms with Gasteiger partial charge in [0, 0.05) is 11.8 Å². The van der Waals surface area contributed by atoms with Crippen molar-refractivity contribution >= 4 is 0 Å². The third-order valence-electron chi connectivity index (χ3n) is 4.26. The predicted molar refractivity (Wildman–Crippen MR) is 140 cm³/mol. The van der Waals surface area contributed by atoms with Gasteiger partial charge in [0.25, 0.3) is 0 Å². The molecule has 0 nitrogen and oxygen atoms in total. The van der Waals surface area contributed by atoms with Crippen LogP contribution >= 0.6 is 0 Å². The Morgan fingerprint density at radius 2 is 0.621 bits per heavy atom. The van der Waals surface area contributed by atoms with E-state index in [1.165, 1.54) is 19.3 Å². The first-order chi connectivity index (χ1) is 13.0.